The van der Waals surface area contributed by atoms with Gasteiger partial charge in [-0.3, -0.25) is 0 Å². The average molecular weight is 262 g/mol. The Morgan fingerprint density at radius 1 is 1.36 bits per heavy atom. The molecule has 2 unspecified atom stereocenters. The van der Waals surface area contributed by atoms with E-state index in [1.54, 1.807) is 0 Å². The van der Waals surface area contributed by atoms with E-state index in [0.717, 1.165) is 25.7 Å². The average Bonchev–Trinajstić information content (AvgIpc) is 1.87. The molecule has 0 aliphatic heterocycles. The highest BCUT2D eigenvalue weighted by molar-refractivity contribution is 9.09. The molecule has 0 spiro atoms. The van der Waals surface area contributed by atoms with E-state index in [9.17, 15) is 0 Å². The zero-order chi connectivity index (χ0) is 8.69. The fraction of sp³-hybridized carbons (Fsp3) is 1.00. The molecule has 2 atom stereocenters. The van der Waals surface area contributed by atoms with Crippen molar-refractivity contribution in [3.05, 3.63) is 0 Å². The minimum Gasteiger partial charge on any atom is -0.127 e. The molecule has 0 amide bonds. The van der Waals surface area contributed by atoms with Crippen LogP contribution in [0.4, 0.5) is 0 Å². The van der Waals surface area contributed by atoms with Crippen LogP contribution in [0.15, 0.2) is 0 Å². The van der Waals surface area contributed by atoms with Gasteiger partial charge in [-0.1, -0.05) is 29.3 Å². The summed E-state index contributed by atoms with van der Waals surface area (Å²) in [6.45, 7) is 2.15. The minimum absolute atomic E-state index is 0.313. The number of alkyl halides is 3. The third-order valence-corrected chi connectivity index (χ3v) is 2.98. The van der Waals surface area contributed by atoms with Gasteiger partial charge >= 0.3 is 0 Å². The Morgan fingerprint density at radius 3 is 2.45 bits per heavy atom. The van der Waals surface area contributed by atoms with Crippen molar-refractivity contribution in [2.24, 2.45) is 0 Å². The molecule has 0 aromatic carbocycles. The topological polar surface area (TPSA) is 0 Å². The van der Waals surface area contributed by atoms with Gasteiger partial charge in [0.05, 0.1) is 0 Å². The Balaban J connectivity index is 3.32. The van der Waals surface area contributed by atoms with Crippen LogP contribution in [0.1, 0.15) is 32.6 Å². The van der Waals surface area contributed by atoms with Crippen molar-refractivity contribution in [2.75, 3.05) is 5.88 Å². The highest BCUT2D eigenvalue weighted by atomic mass is 79.9. The first-order valence-electron chi connectivity index (χ1n) is 4.04. The molecule has 0 N–H and O–H groups in total. The van der Waals surface area contributed by atoms with Crippen LogP contribution in [0.5, 0.6) is 0 Å². The Hall–Kier alpha value is 1.06. The van der Waals surface area contributed by atoms with Crippen LogP contribution in [0.3, 0.4) is 0 Å². The molecule has 0 aliphatic rings. The highest BCUT2D eigenvalue weighted by Gasteiger charge is 2.09. The summed E-state index contributed by atoms with van der Waals surface area (Å²) in [7, 11) is 0. The molecule has 0 saturated carbocycles. The summed E-state index contributed by atoms with van der Waals surface area (Å²) in [5.74, 6) is 0.714. The van der Waals surface area contributed by atoms with E-state index in [0.29, 0.717) is 16.1 Å². The van der Waals surface area contributed by atoms with Gasteiger partial charge < -0.3 is 0 Å². The lowest BCUT2D eigenvalue weighted by Gasteiger charge is -2.11. The second-order valence-corrected chi connectivity index (χ2v) is 4.99. The van der Waals surface area contributed by atoms with Gasteiger partial charge in [-0.2, -0.15) is 0 Å². The lowest BCUT2D eigenvalue weighted by molar-refractivity contribution is 0.650. The molecular weight excluding hydrogens is 247 g/mol. The maximum absolute atomic E-state index is 6.04. The molecule has 0 rings (SSSR count). The molecule has 0 saturated heterocycles. The van der Waals surface area contributed by atoms with Crippen LogP contribution in [0.2, 0.25) is 0 Å². The normalized spacial score (nSPS) is 16.4. The van der Waals surface area contributed by atoms with Crippen molar-refractivity contribution in [3.8, 4) is 0 Å². The zero-order valence-electron chi connectivity index (χ0n) is 6.82. The maximum atomic E-state index is 6.04. The van der Waals surface area contributed by atoms with E-state index in [1.165, 1.54) is 0 Å². The monoisotopic (exact) mass is 260 g/mol. The van der Waals surface area contributed by atoms with Crippen LogP contribution in [0.25, 0.3) is 0 Å². The molecule has 11 heavy (non-hydrogen) atoms. The molecule has 0 heterocycles. The molecule has 68 valence electrons. The number of hydrogen-bond donors (Lipinski definition) is 0. The van der Waals surface area contributed by atoms with Gasteiger partial charge in [0.25, 0.3) is 0 Å². The van der Waals surface area contributed by atoms with Gasteiger partial charge in [-0.15, -0.1) is 23.2 Å². The van der Waals surface area contributed by atoms with Gasteiger partial charge in [0.2, 0.25) is 0 Å². The van der Waals surface area contributed by atoms with Crippen LogP contribution < -0.4 is 0 Å². The standard InChI is InChI=1S/C8H15BrCl2/c1-2-3-8(11)6-7(9)4-5-10/h7-8H,2-6H2,1H3. The Morgan fingerprint density at radius 2 is 2.00 bits per heavy atom. The number of hydrogen-bond acceptors (Lipinski definition) is 0. The Bertz CT molecular complexity index is 78.2. The fourth-order valence-electron chi connectivity index (χ4n) is 0.945. The Kier molecular flexibility index (Phi) is 8.44. The Labute approximate surface area is 87.8 Å². The number of halogens is 3. The van der Waals surface area contributed by atoms with Gasteiger partial charge in [-0.05, 0) is 19.3 Å². The van der Waals surface area contributed by atoms with Gasteiger partial charge in [0.15, 0.2) is 0 Å². The fourth-order valence-corrected chi connectivity index (χ4v) is 2.80. The van der Waals surface area contributed by atoms with E-state index in [4.69, 9.17) is 23.2 Å². The summed E-state index contributed by atoms with van der Waals surface area (Å²) < 4.78 is 0. The predicted molar refractivity (Wildman–Crippen MR) is 57.2 cm³/mol. The summed E-state index contributed by atoms with van der Waals surface area (Å²) in [6.07, 6.45) is 4.30. The maximum Gasteiger partial charge on any atom is 0.0346 e. The summed E-state index contributed by atoms with van der Waals surface area (Å²) in [5, 5.41) is 0.313. The van der Waals surface area contributed by atoms with E-state index in [2.05, 4.69) is 22.9 Å². The molecule has 0 aliphatic carbocycles. The largest absolute Gasteiger partial charge is 0.127 e. The first kappa shape index (κ1) is 12.1. The third kappa shape index (κ3) is 7.42. The van der Waals surface area contributed by atoms with Crippen molar-refractivity contribution in [1.29, 1.82) is 0 Å². The third-order valence-electron chi connectivity index (χ3n) is 1.54. The van der Waals surface area contributed by atoms with E-state index < -0.39 is 0 Å². The van der Waals surface area contributed by atoms with Crippen LogP contribution >= 0.6 is 39.1 Å². The van der Waals surface area contributed by atoms with Crippen molar-refractivity contribution in [2.45, 2.75) is 42.8 Å². The summed E-state index contributed by atoms with van der Waals surface area (Å²) in [6, 6.07) is 0. The second kappa shape index (κ2) is 7.70. The molecular formula is C8H15BrCl2. The molecule has 3 heteroatoms. The molecule has 0 nitrogen and oxygen atoms in total. The molecule has 0 aromatic heterocycles. The summed E-state index contributed by atoms with van der Waals surface area (Å²) in [5.41, 5.74) is 0. The van der Waals surface area contributed by atoms with E-state index in [-0.39, 0.29) is 0 Å². The van der Waals surface area contributed by atoms with Crippen molar-refractivity contribution in [3.63, 3.8) is 0 Å². The van der Waals surface area contributed by atoms with Gasteiger partial charge in [-0.25, -0.2) is 0 Å². The SMILES string of the molecule is CCCC(Cl)CC(Br)CCCl. The number of rotatable bonds is 6. The van der Waals surface area contributed by atoms with Crippen molar-refractivity contribution < 1.29 is 0 Å². The molecule has 0 aromatic rings. The smallest absolute Gasteiger partial charge is 0.0346 e. The van der Waals surface area contributed by atoms with Crippen LogP contribution in [0, 0.1) is 0 Å². The highest BCUT2D eigenvalue weighted by Crippen LogP contribution is 2.19. The first-order valence-corrected chi connectivity index (χ1v) is 5.93. The second-order valence-electron chi connectivity index (χ2n) is 2.70. The van der Waals surface area contributed by atoms with Crippen LogP contribution in [-0.4, -0.2) is 16.1 Å². The molecule has 0 radical (unpaired) electrons. The zero-order valence-corrected chi connectivity index (χ0v) is 9.92. The van der Waals surface area contributed by atoms with Crippen LogP contribution in [-0.2, 0) is 0 Å². The van der Waals surface area contributed by atoms with E-state index >= 15 is 0 Å². The molecule has 0 fully saturated rings. The summed E-state index contributed by atoms with van der Waals surface area (Å²) >= 11 is 15.2. The quantitative estimate of drug-likeness (QED) is 0.630. The lowest BCUT2D eigenvalue weighted by Crippen LogP contribution is -2.08. The van der Waals surface area contributed by atoms with Crippen molar-refractivity contribution >= 4 is 39.1 Å². The summed E-state index contributed by atoms with van der Waals surface area (Å²) in [4.78, 5) is 0.494. The van der Waals surface area contributed by atoms with Crippen molar-refractivity contribution in [1.82, 2.24) is 0 Å². The van der Waals surface area contributed by atoms with Gasteiger partial charge in [0.1, 0.15) is 0 Å². The predicted octanol–water partition coefficient (Wildman–Crippen LogP) is 4.18. The minimum atomic E-state index is 0.313. The molecule has 0 bridgehead atoms. The van der Waals surface area contributed by atoms with Gasteiger partial charge in [0, 0.05) is 16.1 Å². The van der Waals surface area contributed by atoms with E-state index in [1.807, 2.05) is 0 Å². The first-order chi connectivity index (χ1) is 5.20. The lowest BCUT2D eigenvalue weighted by atomic mass is 10.1.